The number of hydrogen-bond acceptors (Lipinski definition) is 3. The molecule has 0 bridgehead atoms. The maximum atomic E-state index is 13.9. The summed E-state index contributed by atoms with van der Waals surface area (Å²) in [4.78, 5) is 0. The first-order valence-electron chi connectivity index (χ1n) is 8.43. The maximum absolute atomic E-state index is 13.9. The molecule has 188 valence electrons. The monoisotopic (exact) mass is 527 g/mol. The molecule has 0 amide bonds. The van der Waals surface area contributed by atoms with Crippen LogP contribution in [0.3, 0.4) is 0 Å². The molecule has 0 radical (unpaired) electrons. The fraction of sp³-hybridized carbons (Fsp3) is 1.00. The van der Waals surface area contributed by atoms with E-state index in [2.05, 4.69) is 9.05 Å². The topological polar surface area (TPSA) is 21.7 Å². The van der Waals surface area contributed by atoms with Gasteiger partial charge in [0, 0.05) is 0 Å². The summed E-state index contributed by atoms with van der Waals surface area (Å²) in [5.74, 6) is 0. The van der Waals surface area contributed by atoms with Gasteiger partial charge in [-0.3, -0.25) is 0 Å². The van der Waals surface area contributed by atoms with Gasteiger partial charge in [0.25, 0.3) is 0 Å². The Morgan fingerprint density at radius 3 is 1.00 bits per heavy atom. The number of rotatable bonds is 3. The van der Waals surface area contributed by atoms with E-state index < -0.39 is 60.7 Å². The molecule has 1 aliphatic heterocycles. The summed E-state index contributed by atoms with van der Waals surface area (Å²) in [5, 5.41) is -2.40. The van der Waals surface area contributed by atoms with Crippen molar-refractivity contribution in [2.45, 2.75) is 75.7 Å². The Kier molecular flexibility index (Phi) is 6.62. The predicted octanol–water partition coefficient (Wildman–Crippen LogP) is 7.35. The molecule has 1 aliphatic rings. The van der Waals surface area contributed by atoms with Gasteiger partial charge in [-0.2, -0.15) is 0 Å². The van der Waals surface area contributed by atoms with Crippen molar-refractivity contribution in [3.8, 4) is 0 Å². The van der Waals surface area contributed by atoms with Crippen LogP contribution >= 0.6 is 17.8 Å². The van der Waals surface area contributed by atoms with Gasteiger partial charge in [0.1, 0.15) is 0 Å². The van der Waals surface area contributed by atoms with Crippen LogP contribution in [0.4, 0.5) is 52.7 Å². The molecular weight excluding hydrogens is 509 g/mol. The van der Waals surface area contributed by atoms with Crippen LogP contribution in [0, 0.1) is 0 Å². The summed E-state index contributed by atoms with van der Waals surface area (Å²) in [6.45, 7) is -3.86. The second kappa shape index (κ2) is 7.13. The fourth-order valence-electron chi connectivity index (χ4n) is 3.47. The minimum atomic E-state index is -7.30. The van der Waals surface area contributed by atoms with Crippen LogP contribution in [0.15, 0.2) is 0 Å². The van der Waals surface area contributed by atoms with Crippen LogP contribution in [-0.2, 0) is 9.05 Å². The van der Waals surface area contributed by atoms with Gasteiger partial charge in [0.2, 0.25) is 0 Å². The molecule has 1 rings (SSSR count). The number of alkyl halides is 12. The van der Waals surface area contributed by atoms with Crippen molar-refractivity contribution in [1.82, 2.24) is 4.67 Å². The second-order valence-corrected chi connectivity index (χ2v) is 13.4. The van der Waals surface area contributed by atoms with Crippen LogP contribution in [-0.4, -0.2) is 58.8 Å². The third-order valence-electron chi connectivity index (χ3n) is 4.99. The van der Waals surface area contributed by atoms with Crippen molar-refractivity contribution < 1.29 is 61.7 Å². The average Bonchev–Trinajstić information content (AvgIpc) is 2.78. The van der Waals surface area contributed by atoms with Crippen molar-refractivity contribution in [1.29, 1.82) is 0 Å². The van der Waals surface area contributed by atoms with Crippen molar-refractivity contribution in [3.05, 3.63) is 0 Å². The van der Waals surface area contributed by atoms with Crippen molar-refractivity contribution >= 4 is 17.8 Å². The number of halogens is 13. The number of nitrogens with zero attached hydrogens (tertiary/aromatic N) is 1. The van der Waals surface area contributed by atoms with Crippen LogP contribution in [0.25, 0.3) is 0 Å². The first-order valence-corrected chi connectivity index (χ1v) is 11.4. The molecule has 1 heterocycles. The van der Waals surface area contributed by atoms with Crippen molar-refractivity contribution in [2.75, 3.05) is 13.1 Å². The van der Waals surface area contributed by atoms with E-state index in [1.165, 1.54) is 0 Å². The molecule has 1 saturated heterocycles. The average molecular weight is 528 g/mol. The fourth-order valence-corrected chi connectivity index (χ4v) is 8.97. The predicted molar refractivity (Wildman–Crippen MR) is 87.3 cm³/mol. The molecule has 3 nitrogen and oxygen atoms in total. The van der Waals surface area contributed by atoms with Gasteiger partial charge < -0.3 is 0 Å². The van der Waals surface area contributed by atoms with E-state index >= 15 is 0 Å². The van der Waals surface area contributed by atoms with E-state index in [-0.39, 0.29) is 0 Å². The third-order valence-corrected chi connectivity index (χ3v) is 12.5. The molecule has 0 aromatic rings. The zero-order valence-electron chi connectivity index (χ0n) is 16.5. The van der Waals surface area contributed by atoms with Crippen molar-refractivity contribution in [2.24, 2.45) is 0 Å². The standard InChI is InChI=1S/C14H19ClF12NO2P/c1-6-28(7-2)31(15,8(3,4)5)29-9(11(16,17)18,12(19,20)21)10(30-31,13(22,23)24)14(25,26)27/h6-7H2,1-5H3. The molecule has 0 atom stereocenters. The van der Waals surface area contributed by atoms with E-state index in [0.29, 0.717) is 4.67 Å². The summed E-state index contributed by atoms with van der Waals surface area (Å²) in [6.07, 6.45) is -29.2. The van der Waals surface area contributed by atoms with E-state index in [4.69, 9.17) is 11.2 Å². The summed E-state index contributed by atoms with van der Waals surface area (Å²) in [6, 6.07) is 0. The Morgan fingerprint density at radius 1 is 0.645 bits per heavy atom. The van der Waals surface area contributed by atoms with Gasteiger partial charge in [-0.15, -0.1) is 0 Å². The van der Waals surface area contributed by atoms with Gasteiger partial charge in [-0.1, -0.05) is 0 Å². The summed E-state index contributed by atoms with van der Waals surface area (Å²) < 4.78 is 175. The normalized spacial score (nSPS) is 25.3. The van der Waals surface area contributed by atoms with E-state index in [1.54, 1.807) is 0 Å². The Labute approximate surface area is 173 Å². The Morgan fingerprint density at radius 2 is 0.871 bits per heavy atom. The van der Waals surface area contributed by atoms with E-state index in [1.807, 2.05) is 0 Å². The van der Waals surface area contributed by atoms with Gasteiger partial charge >= 0.3 is 173 Å². The molecule has 1 fully saturated rings. The van der Waals surface area contributed by atoms with E-state index in [0.717, 1.165) is 34.6 Å². The molecule has 0 spiro atoms. The summed E-state index contributed by atoms with van der Waals surface area (Å²) >= 11 is 6.08. The quantitative estimate of drug-likeness (QED) is 0.283. The molecular formula is C14H19ClF12NO2P. The molecule has 0 N–H and O–H groups in total. The molecule has 0 aromatic carbocycles. The minimum absolute atomic E-state index is 0.318. The first-order chi connectivity index (χ1) is 13.2. The molecule has 0 saturated carbocycles. The van der Waals surface area contributed by atoms with Gasteiger partial charge in [-0.25, -0.2) is 0 Å². The Hall–Kier alpha value is -0.240. The van der Waals surface area contributed by atoms with Crippen LogP contribution < -0.4 is 0 Å². The molecule has 17 heteroatoms. The summed E-state index contributed by atoms with van der Waals surface area (Å²) in [5.41, 5.74) is -13.8. The van der Waals surface area contributed by atoms with Gasteiger partial charge in [0.05, 0.1) is 0 Å². The van der Waals surface area contributed by atoms with Crippen molar-refractivity contribution in [3.63, 3.8) is 0 Å². The SMILES string of the molecule is CCN(CC)P1(Cl)(C(C)(C)C)OC(C(F)(F)F)(C(F)(F)F)C(C(F)(F)F)(C(F)(F)F)O1. The zero-order chi connectivity index (χ0) is 25.4. The van der Waals surface area contributed by atoms with Crippen LogP contribution in [0.1, 0.15) is 34.6 Å². The second-order valence-electron chi connectivity index (χ2n) is 7.66. The molecule has 0 unspecified atom stereocenters. The molecule has 0 aliphatic carbocycles. The van der Waals surface area contributed by atoms with E-state index in [9.17, 15) is 52.7 Å². The van der Waals surface area contributed by atoms with Crippen LogP contribution in [0.2, 0.25) is 0 Å². The third kappa shape index (κ3) is 3.35. The zero-order valence-corrected chi connectivity index (χ0v) is 18.2. The van der Waals surface area contributed by atoms with Gasteiger partial charge in [0.15, 0.2) is 0 Å². The molecule has 31 heavy (non-hydrogen) atoms. The molecule has 0 aromatic heterocycles. The van der Waals surface area contributed by atoms with Gasteiger partial charge in [-0.05, 0) is 0 Å². The first kappa shape index (κ1) is 28.8. The number of hydrogen-bond donors (Lipinski definition) is 0. The summed E-state index contributed by atoms with van der Waals surface area (Å²) in [7, 11) is 0. The Bertz CT molecular complexity index is 622. The van der Waals surface area contributed by atoms with Crippen LogP contribution in [0.5, 0.6) is 0 Å². The Balaban J connectivity index is 4.52.